The van der Waals surface area contributed by atoms with Gasteiger partial charge in [0.15, 0.2) is 0 Å². The van der Waals surface area contributed by atoms with Gasteiger partial charge in [0.1, 0.15) is 5.15 Å². The highest BCUT2D eigenvalue weighted by atomic mass is 35.5. The first-order valence-electron chi connectivity index (χ1n) is 6.00. The topological polar surface area (TPSA) is 51.8 Å². The van der Waals surface area contributed by atoms with Gasteiger partial charge >= 0.3 is 0 Å². The van der Waals surface area contributed by atoms with Crippen molar-refractivity contribution in [3.8, 4) is 11.4 Å². The third-order valence-corrected chi connectivity index (χ3v) is 3.76. The summed E-state index contributed by atoms with van der Waals surface area (Å²) in [6, 6.07) is 8.83. The summed E-state index contributed by atoms with van der Waals surface area (Å²) in [7, 11) is 0. The number of hydrogen-bond acceptors (Lipinski definition) is 4. The normalized spacial score (nSPS) is 10.8. The second-order valence-corrected chi connectivity index (χ2v) is 5.51. The van der Waals surface area contributed by atoms with Gasteiger partial charge in [-0.2, -0.15) is 4.98 Å². The lowest BCUT2D eigenvalue weighted by atomic mass is 10.1. The fraction of sp³-hybridized carbons (Fsp3) is 0.0714. The number of nitrogens with zero attached hydrogens (tertiary/aromatic N) is 3. The van der Waals surface area contributed by atoms with E-state index in [9.17, 15) is 0 Å². The van der Waals surface area contributed by atoms with Gasteiger partial charge in [-0.15, -0.1) is 0 Å². The number of benzene rings is 1. The lowest BCUT2D eigenvalue weighted by Crippen LogP contribution is -1.89. The lowest BCUT2D eigenvalue weighted by molar-refractivity contribution is 0.385. The molecule has 0 bridgehead atoms. The van der Waals surface area contributed by atoms with Crippen LogP contribution in [-0.4, -0.2) is 15.1 Å². The van der Waals surface area contributed by atoms with Crippen molar-refractivity contribution >= 4 is 34.8 Å². The quantitative estimate of drug-likeness (QED) is 0.649. The highest BCUT2D eigenvalue weighted by molar-refractivity contribution is 6.42. The van der Waals surface area contributed by atoms with Crippen molar-refractivity contribution in [3.63, 3.8) is 0 Å². The standard InChI is InChI=1S/C14H8Cl3N3O/c15-10-3-1-8(5-11(10)16)6-13-19-14(20-21-13)9-2-4-12(17)18-7-9/h1-5,7H,6H2. The molecule has 0 N–H and O–H groups in total. The molecule has 7 heteroatoms. The van der Waals surface area contributed by atoms with E-state index < -0.39 is 0 Å². The largest absolute Gasteiger partial charge is 0.339 e. The van der Waals surface area contributed by atoms with Gasteiger partial charge in [0.05, 0.1) is 16.5 Å². The molecule has 2 aromatic heterocycles. The van der Waals surface area contributed by atoms with E-state index in [4.69, 9.17) is 39.3 Å². The molecule has 0 saturated carbocycles. The van der Waals surface area contributed by atoms with E-state index in [1.165, 1.54) is 0 Å². The summed E-state index contributed by atoms with van der Waals surface area (Å²) < 4.78 is 5.23. The van der Waals surface area contributed by atoms with Gasteiger partial charge in [-0.25, -0.2) is 4.98 Å². The average Bonchev–Trinajstić information content (AvgIpc) is 2.92. The summed E-state index contributed by atoms with van der Waals surface area (Å²) in [5.41, 5.74) is 1.68. The molecule has 0 aliphatic rings. The van der Waals surface area contributed by atoms with Gasteiger partial charge in [-0.3, -0.25) is 0 Å². The molecule has 0 aliphatic carbocycles. The maximum atomic E-state index is 5.98. The number of halogens is 3. The molecule has 0 atom stereocenters. The molecule has 0 amide bonds. The van der Waals surface area contributed by atoms with Crippen LogP contribution in [0.5, 0.6) is 0 Å². The molecule has 3 aromatic rings. The predicted octanol–water partition coefficient (Wildman–Crippen LogP) is 4.68. The van der Waals surface area contributed by atoms with Gasteiger partial charge in [0, 0.05) is 11.8 Å². The Morgan fingerprint density at radius 2 is 1.86 bits per heavy atom. The van der Waals surface area contributed by atoms with Gasteiger partial charge in [-0.1, -0.05) is 46.0 Å². The third-order valence-electron chi connectivity index (χ3n) is 2.79. The summed E-state index contributed by atoms with van der Waals surface area (Å²) in [6.45, 7) is 0. The molecule has 1 aromatic carbocycles. The smallest absolute Gasteiger partial charge is 0.231 e. The monoisotopic (exact) mass is 339 g/mol. The first kappa shape index (κ1) is 14.3. The molecule has 2 heterocycles. The van der Waals surface area contributed by atoms with Crippen LogP contribution in [0.4, 0.5) is 0 Å². The van der Waals surface area contributed by atoms with Crippen LogP contribution in [0.3, 0.4) is 0 Å². The van der Waals surface area contributed by atoms with E-state index in [-0.39, 0.29) is 0 Å². The Morgan fingerprint density at radius 1 is 1.00 bits per heavy atom. The van der Waals surface area contributed by atoms with Gasteiger partial charge in [-0.05, 0) is 29.8 Å². The Hall–Kier alpha value is -1.62. The van der Waals surface area contributed by atoms with E-state index in [0.717, 1.165) is 11.1 Å². The number of aromatic nitrogens is 3. The molecular weight excluding hydrogens is 333 g/mol. The minimum absolute atomic E-state index is 0.415. The zero-order valence-electron chi connectivity index (χ0n) is 10.6. The molecule has 21 heavy (non-hydrogen) atoms. The summed E-state index contributed by atoms with van der Waals surface area (Å²) in [4.78, 5) is 8.30. The average molecular weight is 341 g/mol. The summed E-state index contributed by atoms with van der Waals surface area (Å²) in [5.74, 6) is 0.951. The van der Waals surface area contributed by atoms with Crippen molar-refractivity contribution in [2.75, 3.05) is 0 Å². The first-order chi connectivity index (χ1) is 10.1. The molecule has 0 unspecified atom stereocenters. The Balaban J connectivity index is 1.81. The molecule has 106 valence electrons. The van der Waals surface area contributed by atoms with Crippen molar-refractivity contribution in [1.29, 1.82) is 0 Å². The van der Waals surface area contributed by atoms with Crippen molar-refractivity contribution in [3.05, 3.63) is 63.2 Å². The fourth-order valence-electron chi connectivity index (χ4n) is 1.78. The lowest BCUT2D eigenvalue weighted by Gasteiger charge is -1.99. The first-order valence-corrected chi connectivity index (χ1v) is 7.13. The SMILES string of the molecule is Clc1ccc(-c2noc(Cc3ccc(Cl)c(Cl)c3)n2)cn1. The molecule has 0 fully saturated rings. The van der Waals surface area contributed by atoms with Crippen molar-refractivity contribution in [2.45, 2.75) is 6.42 Å². The van der Waals surface area contributed by atoms with E-state index in [0.29, 0.717) is 33.3 Å². The van der Waals surface area contributed by atoms with Crippen molar-refractivity contribution in [2.24, 2.45) is 0 Å². The number of pyridine rings is 1. The summed E-state index contributed by atoms with van der Waals surface area (Å²) >= 11 is 17.6. The van der Waals surface area contributed by atoms with Crippen LogP contribution in [0.2, 0.25) is 15.2 Å². The van der Waals surface area contributed by atoms with Crippen LogP contribution in [0, 0.1) is 0 Å². The Kier molecular flexibility index (Phi) is 4.10. The summed E-state index contributed by atoms with van der Waals surface area (Å²) in [5, 5.41) is 5.35. The van der Waals surface area contributed by atoms with Gasteiger partial charge < -0.3 is 4.52 Å². The van der Waals surface area contributed by atoms with Gasteiger partial charge in [0.2, 0.25) is 11.7 Å². The van der Waals surface area contributed by atoms with E-state index in [1.807, 2.05) is 6.07 Å². The van der Waals surface area contributed by atoms with Crippen LogP contribution < -0.4 is 0 Å². The van der Waals surface area contributed by atoms with Crippen LogP contribution >= 0.6 is 34.8 Å². The molecule has 0 saturated heterocycles. The van der Waals surface area contributed by atoms with Crippen LogP contribution in [0.15, 0.2) is 41.1 Å². The fourth-order valence-corrected chi connectivity index (χ4v) is 2.21. The molecule has 0 aliphatic heterocycles. The Labute approximate surface area is 135 Å². The highest BCUT2D eigenvalue weighted by Crippen LogP contribution is 2.24. The predicted molar refractivity (Wildman–Crippen MR) is 81.8 cm³/mol. The molecule has 0 radical (unpaired) electrons. The zero-order valence-corrected chi connectivity index (χ0v) is 12.8. The Bertz CT molecular complexity index is 771. The maximum Gasteiger partial charge on any atom is 0.231 e. The molecule has 0 spiro atoms. The molecule has 3 rings (SSSR count). The van der Waals surface area contributed by atoms with Crippen LogP contribution in [0.25, 0.3) is 11.4 Å². The third kappa shape index (κ3) is 3.35. The van der Waals surface area contributed by atoms with Crippen molar-refractivity contribution in [1.82, 2.24) is 15.1 Å². The second-order valence-electron chi connectivity index (χ2n) is 4.31. The molecular formula is C14H8Cl3N3O. The van der Waals surface area contributed by atoms with E-state index in [1.54, 1.807) is 30.5 Å². The maximum absolute atomic E-state index is 5.98. The highest BCUT2D eigenvalue weighted by Gasteiger charge is 2.10. The van der Waals surface area contributed by atoms with Gasteiger partial charge in [0.25, 0.3) is 0 Å². The van der Waals surface area contributed by atoms with Crippen LogP contribution in [0.1, 0.15) is 11.5 Å². The zero-order chi connectivity index (χ0) is 14.8. The summed E-state index contributed by atoms with van der Waals surface area (Å²) in [6.07, 6.45) is 2.07. The second kappa shape index (κ2) is 6.02. The van der Waals surface area contributed by atoms with E-state index in [2.05, 4.69) is 15.1 Å². The van der Waals surface area contributed by atoms with Crippen LogP contribution in [-0.2, 0) is 6.42 Å². The number of hydrogen-bond donors (Lipinski definition) is 0. The Morgan fingerprint density at radius 3 is 2.57 bits per heavy atom. The van der Waals surface area contributed by atoms with E-state index >= 15 is 0 Å². The van der Waals surface area contributed by atoms with Crippen molar-refractivity contribution < 1.29 is 4.52 Å². The molecule has 4 nitrogen and oxygen atoms in total. The minimum Gasteiger partial charge on any atom is -0.339 e. The minimum atomic E-state index is 0.415. The number of rotatable bonds is 3.